The van der Waals surface area contributed by atoms with Crippen molar-refractivity contribution in [1.82, 2.24) is 0 Å². The second-order valence-corrected chi connectivity index (χ2v) is 7.04. The summed E-state index contributed by atoms with van der Waals surface area (Å²) >= 11 is 0. The molecule has 1 N–H and O–H groups in total. The van der Waals surface area contributed by atoms with Gasteiger partial charge in [-0.05, 0) is 27.8 Å². The molecule has 0 heterocycles. The fraction of sp³-hybridized carbons (Fsp3) is 0.111. The second kappa shape index (κ2) is 8.87. The molecule has 2 heteroatoms. The predicted octanol–water partition coefficient (Wildman–Crippen LogP) is 5.69. The van der Waals surface area contributed by atoms with Crippen molar-refractivity contribution in [1.29, 1.82) is 0 Å². The van der Waals surface area contributed by atoms with Gasteiger partial charge in [0.1, 0.15) is 5.60 Å². The van der Waals surface area contributed by atoms with E-state index in [1.807, 2.05) is 42.5 Å². The summed E-state index contributed by atoms with van der Waals surface area (Å²) in [5, 5.41) is 9.30. The van der Waals surface area contributed by atoms with Gasteiger partial charge in [-0.15, -0.1) is 0 Å². The first-order chi connectivity index (χ1) is 14.3. The molecule has 0 amide bonds. The van der Waals surface area contributed by atoms with Crippen molar-refractivity contribution in [3.63, 3.8) is 0 Å². The first kappa shape index (κ1) is 19.1. The highest BCUT2D eigenvalue weighted by molar-refractivity contribution is 5.47. The topological polar surface area (TPSA) is 29.5 Å². The lowest BCUT2D eigenvalue weighted by Gasteiger charge is -2.36. The van der Waals surface area contributed by atoms with Gasteiger partial charge >= 0.3 is 0 Å². The van der Waals surface area contributed by atoms with E-state index in [4.69, 9.17) is 4.74 Å². The smallest absolute Gasteiger partial charge is 0.144 e. The quantitative estimate of drug-likeness (QED) is 0.418. The lowest BCUT2D eigenvalue weighted by atomic mass is 9.80. The Hall–Kier alpha value is -3.20. The first-order valence-corrected chi connectivity index (χ1v) is 9.82. The van der Waals surface area contributed by atoms with Crippen LogP contribution in [0.2, 0.25) is 0 Å². The Balaban J connectivity index is 1.83. The third-order valence-corrected chi connectivity index (χ3v) is 5.20. The molecule has 4 aromatic carbocycles. The number of benzene rings is 4. The molecule has 29 heavy (non-hydrogen) atoms. The highest BCUT2D eigenvalue weighted by Crippen LogP contribution is 2.41. The summed E-state index contributed by atoms with van der Waals surface area (Å²) in [5.74, 6) is 0. The molecule has 0 bridgehead atoms. The van der Waals surface area contributed by atoms with E-state index in [0.717, 1.165) is 27.8 Å². The molecule has 0 unspecified atom stereocenters. The van der Waals surface area contributed by atoms with Crippen molar-refractivity contribution in [2.24, 2.45) is 0 Å². The van der Waals surface area contributed by atoms with E-state index in [-0.39, 0.29) is 6.61 Å². The number of aliphatic hydroxyl groups is 1. The summed E-state index contributed by atoms with van der Waals surface area (Å²) in [6.45, 7) is 0.494. The van der Waals surface area contributed by atoms with Gasteiger partial charge in [0, 0.05) is 0 Å². The minimum atomic E-state index is -0.723. The lowest BCUT2D eigenvalue weighted by molar-refractivity contribution is 0.000230. The maximum Gasteiger partial charge on any atom is 0.144 e. The van der Waals surface area contributed by atoms with Crippen LogP contribution >= 0.6 is 0 Å². The zero-order valence-corrected chi connectivity index (χ0v) is 16.2. The monoisotopic (exact) mass is 380 g/mol. The third-order valence-electron chi connectivity index (χ3n) is 5.20. The van der Waals surface area contributed by atoms with Crippen molar-refractivity contribution in [3.05, 3.63) is 143 Å². The second-order valence-electron chi connectivity index (χ2n) is 7.04. The van der Waals surface area contributed by atoms with Gasteiger partial charge in [-0.25, -0.2) is 0 Å². The molecular weight excluding hydrogens is 356 g/mol. The molecule has 144 valence electrons. The molecular formula is C27H24O2. The van der Waals surface area contributed by atoms with Crippen LogP contribution in [0.4, 0.5) is 0 Å². The third kappa shape index (κ3) is 4.00. The number of aliphatic hydroxyl groups excluding tert-OH is 1. The summed E-state index contributed by atoms with van der Waals surface area (Å²) in [6, 6.07) is 39.0. The molecule has 0 saturated carbocycles. The minimum absolute atomic E-state index is 0.0448. The van der Waals surface area contributed by atoms with Crippen molar-refractivity contribution in [2.45, 2.75) is 18.8 Å². The Kier molecular flexibility index (Phi) is 5.85. The van der Waals surface area contributed by atoms with Gasteiger partial charge < -0.3 is 9.84 Å². The van der Waals surface area contributed by atoms with Crippen molar-refractivity contribution < 1.29 is 9.84 Å². The van der Waals surface area contributed by atoms with Gasteiger partial charge in [-0.1, -0.05) is 115 Å². The van der Waals surface area contributed by atoms with Crippen LogP contribution in [0.1, 0.15) is 27.8 Å². The highest BCUT2D eigenvalue weighted by Gasteiger charge is 2.37. The van der Waals surface area contributed by atoms with Crippen LogP contribution in [0.5, 0.6) is 0 Å². The first-order valence-electron chi connectivity index (χ1n) is 9.82. The molecule has 4 aromatic rings. The molecule has 0 saturated heterocycles. The average Bonchev–Trinajstić information content (AvgIpc) is 2.82. The Morgan fingerprint density at radius 1 is 0.517 bits per heavy atom. The maximum atomic E-state index is 9.30. The summed E-state index contributed by atoms with van der Waals surface area (Å²) < 4.78 is 6.78. The van der Waals surface area contributed by atoms with Crippen LogP contribution in [0.15, 0.2) is 115 Å². The van der Waals surface area contributed by atoms with Crippen LogP contribution in [-0.2, 0) is 23.6 Å². The standard InChI is InChI=1S/C27H24O2/c28-20-22-16-18-23(19-17-22)21-29-27(24-10-4-1-5-11-24,25-12-6-2-7-13-25)26-14-8-3-9-15-26/h1-19,28H,20-21H2. The van der Waals surface area contributed by atoms with Crippen LogP contribution in [0, 0.1) is 0 Å². The molecule has 4 rings (SSSR count). The Bertz CT molecular complexity index is 914. The normalized spacial score (nSPS) is 11.3. The average molecular weight is 380 g/mol. The van der Waals surface area contributed by atoms with Crippen LogP contribution < -0.4 is 0 Å². The molecule has 0 aliphatic rings. The summed E-state index contributed by atoms with van der Waals surface area (Å²) in [4.78, 5) is 0. The van der Waals surface area contributed by atoms with Gasteiger partial charge in [0.15, 0.2) is 0 Å². The van der Waals surface area contributed by atoms with Crippen molar-refractivity contribution >= 4 is 0 Å². The Morgan fingerprint density at radius 2 is 0.897 bits per heavy atom. The molecule has 2 nitrogen and oxygen atoms in total. The van der Waals surface area contributed by atoms with Gasteiger partial charge in [-0.2, -0.15) is 0 Å². The largest absolute Gasteiger partial charge is 0.392 e. The summed E-state index contributed by atoms with van der Waals surface area (Å²) in [7, 11) is 0. The zero-order valence-electron chi connectivity index (χ0n) is 16.2. The summed E-state index contributed by atoms with van der Waals surface area (Å²) in [6.07, 6.45) is 0. The van der Waals surface area contributed by atoms with Crippen LogP contribution in [0.25, 0.3) is 0 Å². The van der Waals surface area contributed by atoms with Gasteiger partial charge in [0.05, 0.1) is 13.2 Å². The fourth-order valence-corrected chi connectivity index (χ4v) is 3.70. The van der Waals surface area contributed by atoms with E-state index in [9.17, 15) is 5.11 Å². The lowest BCUT2D eigenvalue weighted by Crippen LogP contribution is -2.32. The molecule has 0 atom stereocenters. The van der Waals surface area contributed by atoms with E-state index >= 15 is 0 Å². The fourth-order valence-electron chi connectivity index (χ4n) is 3.70. The van der Waals surface area contributed by atoms with E-state index in [1.54, 1.807) is 0 Å². The van der Waals surface area contributed by atoms with Gasteiger partial charge in [-0.3, -0.25) is 0 Å². The molecule has 0 aliphatic heterocycles. The van der Waals surface area contributed by atoms with Gasteiger partial charge in [0.25, 0.3) is 0 Å². The number of ether oxygens (including phenoxy) is 1. The van der Waals surface area contributed by atoms with E-state index in [0.29, 0.717) is 6.61 Å². The zero-order chi connectivity index (χ0) is 19.9. The predicted molar refractivity (Wildman–Crippen MR) is 116 cm³/mol. The van der Waals surface area contributed by atoms with Gasteiger partial charge in [0.2, 0.25) is 0 Å². The molecule has 0 radical (unpaired) electrons. The number of hydrogen-bond donors (Lipinski definition) is 1. The summed E-state index contributed by atoms with van der Waals surface area (Å²) in [5.41, 5.74) is 4.50. The van der Waals surface area contributed by atoms with Crippen LogP contribution in [-0.4, -0.2) is 5.11 Å². The highest BCUT2D eigenvalue weighted by atomic mass is 16.5. The Morgan fingerprint density at radius 3 is 1.28 bits per heavy atom. The molecule has 0 aromatic heterocycles. The molecule has 0 aliphatic carbocycles. The van der Waals surface area contributed by atoms with Crippen molar-refractivity contribution in [2.75, 3.05) is 0 Å². The van der Waals surface area contributed by atoms with E-state index in [1.165, 1.54) is 0 Å². The molecule has 0 spiro atoms. The maximum absolute atomic E-state index is 9.30. The Labute approximate surface area is 172 Å². The number of rotatable bonds is 7. The minimum Gasteiger partial charge on any atom is -0.392 e. The SMILES string of the molecule is OCc1ccc(COC(c2ccccc2)(c2ccccc2)c2ccccc2)cc1. The number of hydrogen-bond acceptors (Lipinski definition) is 2. The molecule has 0 fully saturated rings. The van der Waals surface area contributed by atoms with E-state index in [2.05, 4.69) is 72.8 Å². The van der Waals surface area contributed by atoms with Crippen LogP contribution in [0.3, 0.4) is 0 Å². The van der Waals surface area contributed by atoms with E-state index < -0.39 is 5.60 Å². The van der Waals surface area contributed by atoms with Crippen molar-refractivity contribution in [3.8, 4) is 0 Å².